The van der Waals surface area contributed by atoms with Gasteiger partial charge in [-0.25, -0.2) is 0 Å². The fourth-order valence-electron chi connectivity index (χ4n) is 2.30. The molecule has 1 saturated heterocycles. The summed E-state index contributed by atoms with van der Waals surface area (Å²) in [5, 5.41) is 2.81. The van der Waals surface area contributed by atoms with E-state index in [0.717, 1.165) is 37.2 Å². The first kappa shape index (κ1) is 15.4. The van der Waals surface area contributed by atoms with Crippen LogP contribution in [0.4, 0.5) is 0 Å². The van der Waals surface area contributed by atoms with E-state index in [1.807, 2.05) is 6.92 Å². The number of carbonyl (C=O) groups is 2. The van der Waals surface area contributed by atoms with E-state index in [-0.39, 0.29) is 11.8 Å². The predicted octanol–water partition coefficient (Wildman–Crippen LogP) is 1.19. The largest absolute Gasteiger partial charge is 0.350 e. The highest BCUT2D eigenvalue weighted by molar-refractivity contribution is 5.79. The number of rotatable bonds is 5. The van der Waals surface area contributed by atoms with Crippen molar-refractivity contribution in [3.63, 3.8) is 0 Å². The van der Waals surface area contributed by atoms with E-state index in [2.05, 4.69) is 15.3 Å². The molecule has 0 aliphatic carbocycles. The minimum atomic E-state index is -0.0607. The number of aryl methyl sites for hydroxylation is 1. The summed E-state index contributed by atoms with van der Waals surface area (Å²) in [6.07, 6.45) is 7.39. The maximum atomic E-state index is 11.8. The summed E-state index contributed by atoms with van der Waals surface area (Å²) in [6.45, 7) is 3.52. The number of nitrogens with zero attached hydrogens (tertiary/aromatic N) is 3. The maximum Gasteiger partial charge on any atom is 0.222 e. The lowest BCUT2D eigenvalue weighted by Crippen LogP contribution is -2.34. The highest BCUT2D eigenvalue weighted by Crippen LogP contribution is 2.11. The molecule has 2 heterocycles. The number of carbonyl (C=O) groups excluding carboxylic acids is 2. The summed E-state index contributed by atoms with van der Waals surface area (Å²) in [7, 11) is 0. The lowest BCUT2D eigenvalue weighted by Gasteiger charge is -2.19. The molecule has 1 fully saturated rings. The van der Waals surface area contributed by atoms with Crippen molar-refractivity contribution in [3.05, 3.63) is 23.8 Å². The molecule has 6 heteroatoms. The van der Waals surface area contributed by atoms with E-state index in [9.17, 15) is 9.59 Å². The van der Waals surface area contributed by atoms with E-state index >= 15 is 0 Å². The van der Waals surface area contributed by atoms with E-state index < -0.39 is 0 Å². The van der Waals surface area contributed by atoms with Gasteiger partial charge in [-0.3, -0.25) is 19.6 Å². The molecule has 0 unspecified atom stereocenters. The minimum absolute atomic E-state index is 0.0607. The summed E-state index contributed by atoms with van der Waals surface area (Å²) in [6, 6.07) is 0. The Labute approximate surface area is 125 Å². The van der Waals surface area contributed by atoms with Crippen molar-refractivity contribution < 1.29 is 9.59 Å². The van der Waals surface area contributed by atoms with Crippen molar-refractivity contribution in [1.82, 2.24) is 20.2 Å². The van der Waals surface area contributed by atoms with Gasteiger partial charge in [-0.15, -0.1) is 0 Å². The number of hydrogen-bond acceptors (Lipinski definition) is 4. The molecule has 2 amide bonds. The Morgan fingerprint density at radius 1 is 1.29 bits per heavy atom. The second-order valence-corrected chi connectivity index (χ2v) is 5.37. The van der Waals surface area contributed by atoms with Crippen LogP contribution in [-0.4, -0.2) is 39.8 Å². The van der Waals surface area contributed by atoms with Crippen LogP contribution in [0.2, 0.25) is 0 Å². The van der Waals surface area contributed by atoms with Gasteiger partial charge in [0.25, 0.3) is 0 Å². The fourth-order valence-corrected chi connectivity index (χ4v) is 2.30. The summed E-state index contributed by atoms with van der Waals surface area (Å²) < 4.78 is 0. The Balaban J connectivity index is 1.71. The molecule has 0 radical (unpaired) electrons. The van der Waals surface area contributed by atoms with Gasteiger partial charge < -0.3 is 10.2 Å². The number of likely N-dealkylation sites (tertiary alicyclic amines) is 1. The molecule has 6 nitrogen and oxygen atoms in total. The topological polar surface area (TPSA) is 75.2 Å². The lowest BCUT2D eigenvalue weighted by atomic mass is 10.2. The van der Waals surface area contributed by atoms with Crippen LogP contribution < -0.4 is 5.32 Å². The van der Waals surface area contributed by atoms with Crippen LogP contribution >= 0.6 is 0 Å². The molecule has 114 valence electrons. The highest BCUT2D eigenvalue weighted by atomic mass is 16.2. The van der Waals surface area contributed by atoms with E-state index in [4.69, 9.17) is 0 Å². The number of aromatic nitrogens is 2. The van der Waals surface area contributed by atoms with Crippen LogP contribution in [0.3, 0.4) is 0 Å². The molecule has 1 aliphatic heterocycles. The first-order valence-electron chi connectivity index (χ1n) is 7.47. The second kappa shape index (κ2) is 7.71. The first-order valence-corrected chi connectivity index (χ1v) is 7.47. The maximum absolute atomic E-state index is 11.8. The summed E-state index contributed by atoms with van der Waals surface area (Å²) in [5.74, 6) is 0.110. The van der Waals surface area contributed by atoms with E-state index in [1.54, 1.807) is 17.3 Å². The zero-order valence-electron chi connectivity index (χ0n) is 12.5. The number of amides is 2. The third-order valence-electron chi connectivity index (χ3n) is 3.58. The molecule has 21 heavy (non-hydrogen) atoms. The molecule has 0 bridgehead atoms. The molecular weight excluding hydrogens is 268 g/mol. The van der Waals surface area contributed by atoms with Gasteiger partial charge in [0, 0.05) is 32.1 Å². The molecule has 2 rings (SSSR count). The third kappa shape index (κ3) is 5.13. The van der Waals surface area contributed by atoms with Crippen LogP contribution in [0.15, 0.2) is 12.4 Å². The molecule has 1 aromatic rings. The van der Waals surface area contributed by atoms with Gasteiger partial charge in [0.2, 0.25) is 11.8 Å². The lowest BCUT2D eigenvalue weighted by molar-refractivity contribution is -0.131. The Bertz CT molecular complexity index is 487. The van der Waals surface area contributed by atoms with Gasteiger partial charge in [0.05, 0.1) is 24.1 Å². The van der Waals surface area contributed by atoms with Gasteiger partial charge in [-0.1, -0.05) is 6.42 Å². The average Bonchev–Trinajstić information content (AvgIpc) is 2.69. The average molecular weight is 290 g/mol. The molecule has 1 N–H and O–H groups in total. The Morgan fingerprint density at radius 2 is 2.14 bits per heavy atom. The second-order valence-electron chi connectivity index (χ2n) is 5.37. The van der Waals surface area contributed by atoms with Crippen LogP contribution in [0.5, 0.6) is 0 Å². The van der Waals surface area contributed by atoms with E-state index in [1.165, 1.54) is 0 Å². The SMILES string of the molecule is Cc1cnc(CNC(=O)CCN2CCCCCC2=O)cn1. The predicted molar refractivity (Wildman–Crippen MR) is 78.3 cm³/mol. The molecule has 0 saturated carbocycles. The van der Waals surface area contributed by atoms with Crippen molar-refractivity contribution in [2.75, 3.05) is 13.1 Å². The molecule has 0 aromatic carbocycles. The molecule has 0 spiro atoms. The number of nitrogens with one attached hydrogen (secondary N) is 1. The smallest absolute Gasteiger partial charge is 0.222 e. The molecular formula is C15H22N4O2. The van der Waals surface area contributed by atoms with Crippen molar-refractivity contribution in [3.8, 4) is 0 Å². The van der Waals surface area contributed by atoms with Gasteiger partial charge in [-0.05, 0) is 19.8 Å². The van der Waals surface area contributed by atoms with Crippen molar-refractivity contribution in [2.45, 2.75) is 45.6 Å². The molecule has 1 aliphatic rings. The normalized spacial score (nSPS) is 15.7. The van der Waals surface area contributed by atoms with E-state index in [0.29, 0.717) is 25.9 Å². The Kier molecular flexibility index (Phi) is 5.66. The van der Waals surface area contributed by atoms with Gasteiger partial charge >= 0.3 is 0 Å². The van der Waals surface area contributed by atoms with Gasteiger partial charge in [-0.2, -0.15) is 0 Å². The summed E-state index contributed by atoms with van der Waals surface area (Å²) >= 11 is 0. The van der Waals surface area contributed by atoms with Crippen LogP contribution in [-0.2, 0) is 16.1 Å². The van der Waals surface area contributed by atoms with Crippen LogP contribution in [0.1, 0.15) is 43.5 Å². The monoisotopic (exact) mass is 290 g/mol. The van der Waals surface area contributed by atoms with Crippen molar-refractivity contribution >= 4 is 11.8 Å². The Morgan fingerprint density at radius 3 is 2.90 bits per heavy atom. The quantitative estimate of drug-likeness (QED) is 0.884. The zero-order chi connectivity index (χ0) is 15.1. The third-order valence-corrected chi connectivity index (χ3v) is 3.58. The highest BCUT2D eigenvalue weighted by Gasteiger charge is 2.17. The Hall–Kier alpha value is -1.98. The fraction of sp³-hybridized carbons (Fsp3) is 0.600. The van der Waals surface area contributed by atoms with Crippen molar-refractivity contribution in [1.29, 1.82) is 0 Å². The summed E-state index contributed by atoms with van der Waals surface area (Å²) in [4.78, 5) is 33.8. The zero-order valence-corrected chi connectivity index (χ0v) is 12.5. The van der Waals surface area contributed by atoms with Crippen molar-refractivity contribution in [2.24, 2.45) is 0 Å². The molecule has 0 atom stereocenters. The standard InChI is InChI=1S/C15H22N4O2/c1-12-9-17-13(10-16-12)11-18-14(20)6-8-19-7-4-2-3-5-15(19)21/h9-10H,2-8,11H2,1H3,(H,18,20). The summed E-state index contributed by atoms with van der Waals surface area (Å²) in [5.41, 5.74) is 1.59. The first-order chi connectivity index (χ1) is 10.1. The minimum Gasteiger partial charge on any atom is -0.350 e. The van der Waals surface area contributed by atoms with Gasteiger partial charge in [0.15, 0.2) is 0 Å². The van der Waals surface area contributed by atoms with Crippen LogP contribution in [0, 0.1) is 6.92 Å². The molecule has 1 aromatic heterocycles. The van der Waals surface area contributed by atoms with Crippen LogP contribution in [0.25, 0.3) is 0 Å². The number of hydrogen-bond donors (Lipinski definition) is 1. The van der Waals surface area contributed by atoms with Gasteiger partial charge in [0.1, 0.15) is 0 Å².